The molecule has 184 valence electrons. The predicted molar refractivity (Wildman–Crippen MR) is 138 cm³/mol. The lowest BCUT2D eigenvalue weighted by Gasteiger charge is -2.28. The van der Waals surface area contributed by atoms with Crippen molar-refractivity contribution < 1.29 is 14.4 Å². The molecule has 0 saturated heterocycles. The summed E-state index contributed by atoms with van der Waals surface area (Å²) in [4.78, 5) is 53.4. The monoisotopic (exact) mass is 512 g/mol. The molecule has 0 aliphatic carbocycles. The van der Waals surface area contributed by atoms with Gasteiger partial charge in [-0.25, -0.2) is 4.98 Å². The minimum absolute atomic E-state index is 0.151. The Balaban J connectivity index is 1.42. The Bertz CT molecular complexity index is 1450. The fourth-order valence-electron chi connectivity index (χ4n) is 4.07. The number of nitrogens with zero attached hydrogens (tertiary/aromatic N) is 4. The van der Waals surface area contributed by atoms with Crippen LogP contribution in [0.2, 0.25) is 5.02 Å². The van der Waals surface area contributed by atoms with Gasteiger partial charge < -0.3 is 15.5 Å². The molecule has 4 aromatic rings. The SMILES string of the molecule is O=C(Nc1cnccn1)c1ccc(CN2C(=O)c3ccc(Cl)cc3NC(=O)C2Cc2ccccn2)cc1. The van der Waals surface area contributed by atoms with Crippen LogP contribution in [0.5, 0.6) is 0 Å². The first kappa shape index (κ1) is 24.1. The predicted octanol–water partition coefficient (Wildman–Crippen LogP) is 3.98. The number of benzene rings is 2. The lowest BCUT2D eigenvalue weighted by atomic mass is 10.0. The summed E-state index contributed by atoms with van der Waals surface area (Å²) in [5, 5.41) is 5.95. The van der Waals surface area contributed by atoms with Gasteiger partial charge in [0.15, 0.2) is 5.82 Å². The third-order valence-electron chi connectivity index (χ3n) is 5.91. The Morgan fingerprint density at radius 3 is 2.57 bits per heavy atom. The van der Waals surface area contributed by atoms with Crippen LogP contribution < -0.4 is 10.6 Å². The molecule has 5 rings (SSSR count). The van der Waals surface area contributed by atoms with E-state index in [1.54, 1.807) is 54.7 Å². The van der Waals surface area contributed by atoms with Crippen LogP contribution in [0.1, 0.15) is 32.0 Å². The highest BCUT2D eigenvalue weighted by Crippen LogP contribution is 2.28. The molecule has 0 spiro atoms. The van der Waals surface area contributed by atoms with E-state index >= 15 is 0 Å². The van der Waals surface area contributed by atoms with Gasteiger partial charge in [-0.3, -0.25) is 24.4 Å². The molecule has 0 radical (unpaired) electrons. The van der Waals surface area contributed by atoms with Gasteiger partial charge in [-0.1, -0.05) is 29.8 Å². The molecule has 3 heterocycles. The highest BCUT2D eigenvalue weighted by Gasteiger charge is 2.36. The van der Waals surface area contributed by atoms with E-state index in [2.05, 4.69) is 25.6 Å². The number of rotatable bonds is 6. The van der Waals surface area contributed by atoms with Crippen molar-refractivity contribution in [1.82, 2.24) is 19.9 Å². The third-order valence-corrected chi connectivity index (χ3v) is 6.15. The van der Waals surface area contributed by atoms with E-state index < -0.39 is 6.04 Å². The summed E-state index contributed by atoms with van der Waals surface area (Å²) in [6, 6.07) is 16.2. The Morgan fingerprint density at radius 2 is 1.84 bits per heavy atom. The Morgan fingerprint density at radius 1 is 1.00 bits per heavy atom. The van der Waals surface area contributed by atoms with Crippen molar-refractivity contribution in [1.29, 1.82) is 0 Å². The lowest BCUT2D eigenvalue weighted by Crippen LogP contribution is -2.46. The summed E-state index contributed by atoms with van der Waals surface area (Å²) in [5.74, 6) is -0.639. The van der Waals surface area contributed by atoms with Gasteiger partial charge in [-0.05, 0) is 48.0 Å². The van der Waals surface area contributed by atoms with Crippen molar-refractivity contribution in [3.05, 3.63) is 113 Å². The maximum atomic E-state index is 13.7. The van der Waals surface area contributed by atoms with Crippen LogP contribution in [-0.2, 0) is 17.8 Å². The number of carbonyl (C=O) groups is 3. The van der Waals surface area contributed by atoms with Crippen LogP contribution in [-0.4, -0.2) is 43.6 Å². The number of amides is 3. The molecular weight excluding hydrogens is 492 g/mol. The van der Waals surface area contributed by atoms with Gasteiger partial charge in [0.2, 0.25) is 5.91 Å². The zero-order chi connectivity index (χ0) is 25.8. The maximum absolute atomic E-state index is 13.7. The molecule has 2 aromatic heterocycles. The molecular formula is C27H21ClN6O3. The van der Waals surface area contributed by atoms with Crippen molar-refractivity contribution in [3.8, 4) is 0 Å². The van der Waals surface area contributed by atoms with Crippen LogP contribution >= 0.6 is 11.6 Å². The lowest BCUT2D eigenvalue weighted by molar-refractivity contribution is -0.120. The van der Waals surface area contributed by atoms with Crippen molar-refractivity contribution in [3.63, 3.8) is 0 Å². The fourth-order valence-corrected chi connectivity index (χ4v) is 4.24. The standard InChI is InChI=1S/C27H21ClN6O3/c28-19-8-9-21-22(13-19)32-26(36)23(14-20-3-1-2-10-30-20)34(27(21)37)16-17-4-6-18(7-5-17)25(35)33-24-15-29-11-12-31-24/h1-13,15,23H,14,16H2,(H,32,36)(H,31,33,35). The second-order valence-corrected chi connectivity index (χ2v) is 8.83. The molecule has 1 unspecified atom stereocenters. The zero-order valence-corrected chi connectivity index (χ0v) is 20.2. The van der Waals surface area contributed by atoms with Gasteiger partial charge in [0, 0.05) is 47.8 Å². The summed E-state index contributed by atoms with van der Waals surface area (Å²) in [5.41, 5.74) is 2.56. The summed E-state index contributed by atoms with van der Waals surface area (Å²) in [6.45, 7) is 0.151. The molecule has 10 heteroatoms. The summed E-state index contributed by atoms with van der Waals surface area (Å²) >= 11 is 6.12. The number of aromatic nitrogens is 3. The van der Waals surface area contributed by atoms with Crippen molar-refractivity contribution in [2.45, 2.75) is 19.0 Å². The first-order valence-corrected chi connectivity index (χ1v) is 11.8. The number of hydrogen-bond acceptors (Lipinski definition) is 6. The number of fused-ring (bicyclic) bond motifs is 1. The van der Waals surface area contributed by atoms with Gasteiger partial charge in [0.25, 0.3) is 11.8 Å². The van der Waals surface area contributed by atoms with Gasteiger partial charge in [0.05, 0.1) is 17.4 Å². The zero-order valence-electron chi connectivity index (χ0n) is 19.5. The van der Waals surface area contributed by atoms with Crippen LogP contribution in [0.3, 0.4) is 0 Å². The van der Waals surface area contributed by atoms with Gasteiger partial charge in [-0.2, -0.15) is 0 Å². The number of nitrogens with one attached hydrogen (secondary N) is 2. The van der Waals surface area contributed by atoms with Crippen molar-refractivity contribution >= 4 is 40.8 Å². The molecule has 0 fully saturated rings. The smallest absolute Gasteiger partial charge is 0.256 e. The van der Waals surface area contributed by atoms with Crippen LogP contribution in [0.15, 0.2) is 85.5 Å². The van der Waals surface area contributed by atoms with E-state index in [0.29, 0.717) is 33.3 Å². The average molecular weight is 513 g/mol. The highest BCUT2D eigenvalue weighted by molar-refractivity contribution is 6.31. The quantitative estimate of drug-likeness (QED) is 0.403. The largest absolute Gasteiger partial charge is 0.323 e. The molecule has 0 bridgehead atoms. The molecule has 2 N–H and O–H groups in total. The molecule has 37 heavy (non-hydrogen) atoms. The number of halogens is 1. The topological polar surface area (TPSA) is 117 Å². The summed E-state index contributed by atoms with van der Waals surface area (Å²) in [6.07, 6.45) is 6.34. The highest BCUT2D eigenvalue weighted by atomic mass is 35.5. The molecule has 3 amide bonds. The molecule has 0 saturated carbocycles. The van der Waals surface area contributed by atoms with Gasteiger partial charge in [-0.15, -0.1) is 0 Å². The summed E-state index contributed by atoms with van der Waals surface area (Å²) < 4.78 is 0. The first-order chi connectivity index (χ1) is 18.0. The number of hydrogen-bond donors (Lipinski definition) is 2. The number of pyridine rings is 1. The molecule has 1 atom stereocenters. The Kier molecular flexibility index (Phi) is 6.87. The second-order valence-electron chi connectivity index (χ2n) is 8.39. The van der Waals surface area contributed by atoms with E-state index in [1.807, 2.05) is 12.1 Å². The summed E-state index contributed by atoms with van der Waals surface area (Å²) in [7, 11) is 0. The van der Waals surface area contributed by atoms with Gasteiger partial charge >= 0.3 is 0 Å². The average Bonchev–Trinajstić information content (AvgIpc) is 3.00. The number of anilines is 2. The molecule has 1 aliphatic heterocycles. The second kappa shape index (κ2) is 10.5. The first-order valence-electron chi connectivity index (χ1n) is 11.5. The minimum atomic E-state index is -0.812. The van der Waals surface area contributed by atoms with Gasteiger partial charge in [0.1, 0.15) is 6.04 Å². The Hall–Kier alpha value is -4.63. The normalized spacial score (nSPS) is 14.9. The van der Waals surface area contributed by atoms with E-state index in [-0.39, 0.29) is 30.7 Å². The van der Waals surface area contributed by atoms with E-state index in [1.165, 1.54) is 23.5 Å². The van der Waals surface area contributed by atoms with E-state index in [0.717, 1.165) is 5.56 Å². The van der Waals surface area contributed by atoms with Crippen LogP contribution in [0.4, 0.5) is 11.5 Å². The maximum Gasteiger partial charge on any atom is 0.256 e. The van der Waals surface area contributed by atoms with E-state index in [4.69, 9.17) is 11.6 Å². The molecule has 2 aromatic carbocycles. The van der Waals surface area contributed by atoms with Crippen LogP contribution in [0, 0.1) is 0 Å². The number of carbonyl (C=O) groups excluding carboxylic acids is 3. The minimum Gasteiger partial charge on any atom is -0.323 e. The Labute approximate surface area is 217 Å². The van der Waals surface area contributed by atoms with Crippen LogP contribution in [0.25, 0.3) is 0 Å². The third kappa shape index (κ3) is 5.46. The van der Waals surface area contributed by atoms with Crippen molar-refractivity contribution in [2.75, 3.05) is 10.6 Å². The van der Waals surface area contributed by atoms with E-state index in [9.17, 15) is 14.4 Å². The fraction of sp³-hybridized carbons (Fsp3) is 0.111. The van der Waals surface area contributed by atoms with Crippen molar-refractivity contribution in [2.24, 2.45) is 0 Å². The molecule has 1 aliphatic rings. The molecule has 9 nitrogen and oxygen atoms in total.